The van der Waals surface area contributed by atoms with Gasteiger partial charge in [-0.25, -0.2) is 13.2 Å². The summed E-state index contributed by atoms with van der Waals surface area (Å²) in [4.78, 5) is 25.6. The standard InChI is InChI=1S/C17H24N2O5S/c1-3-19(15-8-10-25(22,23)12-15)16(20)7-9-18-14-6-4-5-13(11-14)17(21)24-2/h4-6,11,15,18H,3,7-10,12H2,1-2H3. The molecule has 0 saturated carbocycles. The Morgan fingerprint density at radius 1 is 1.36 bits per heavy atom. The first kappa shape index (κ1) is 19.2. The molecule has 8 heteroatoms. The zero-order chi connectivity index (χ0) is 18.4. The van der Waals surface area contributed by atoms with E-state index in [-0.39, 0.29) is 29.9 Å². The number of carbonyl (C=O) groups is 2. The fourth-order valence-electron chi connectivity index (χ4n) is 2.99. The van der Waals surface area contributed by atoms with Crippen LogP contribution < -0.4 is 5.32 Å². The minimum atomic E-state index is -3.02. The number of benzene rings is 1. The van der Waals surface area contributed by atoms with Crippen LogP contribution in [0.2, 0.25) is 0 Å². The highest BCUT2D eigenvalue weighted by atomic mass is 32.2. The number of esters is 1. The molecule has 1 aromatic rings. The molecule has 0 aromatic heterocycles. The van der Waals surface area contributed by atoms with E-state index in [0.29, 0.717) is 25.1 Å². The van der Waals surface area contributed by atoms with Crippen molar-refractivity contribution in [1.29, 1.82) is 0 Å². The van der Waals surface area contributed by atoms with Gasteiger partial charge in [-0.3, -0.25) is 4.79 Å². The van der Waals surface area contributed by atoms with Crippen LogP contribution in [0, 0.1) is 0 Å². The van der Waals surface area contributed by atoms with E-state index < -0.39 is 15.8 Å². The molecule has 1 heterocycles. The van der Waals surface area contributed by atoms with Crippen molar-refractivity contribution in [2.45, 2.75) is 25.8 Å². The Balaban J connectivity index is 1.88. The Labute approximate surface area is 148 Å². The Kier molecular flexibility index (Phi) is 6.41. The monoisotopic (exact) mass is 368 g/mol. The van der Waals surface area contributed by atoms with E-state index >= 15 is 0 Å². The molecule has 1 unspecified atom stereocenters. The first-order valence-corrected chi connectivity index (χ1v) is 10.1. The van der Waals surface area contributed by atoms with Crippen LogP contribution >= 0.6 is 0 Å². The van der Waals surface area contributed by atoms with Crippen molar-refractivity contribution in [1.82, 2.24) is 4.90 Å². The van der Waals surface area contributed by atoms with Gasteiger partial charge in [0, 0.05) is 31.2 Å². The summed E-state index contributed by atoms with van der Waals surface area (Å²) in [5.74, 6) is -0.276. The lowest BCUT2D eigenvalue weighted by molar-refractivity contribution is -0.132. The van der Waals surface area contributed by atoms with Crippen LogP contribution in [0.4, 0.5) is 5.69 Å². The third kappa shape index (κ3) is 5.19. The average molecular weight is 368 g/mol. The zero-order valence-corrected chi connectivity index (χ0v) is 15.3. The van der Waals surface area contributed by atoms with Crippen LogP contribution in [-0.2, 0) is 19.4 Å². The Bertz CT molecular complexity index is 732. The molecule has 2 rings (SSSR count). The molecular weight excluding hydrogens is 344 g/mol. The SMILES string of the molecule is CCN(C(=O)CCNc1cccc(C(=O)OC)c1)C1CCS(=O)(=O)C1. The molecule has 1 N–H and O–H groups in total. The van der Waals surface area contributed by atoms with Crippen LogP contribution in [0.15, 0.2) is 24.3 Å². The van der Waals surface area contributed by atoms with E-state index in [1.807, 2.05) is 6.92 Å². The summed E-state index contributed by atoms with van der Waals surface area (Å²) in [5, 5.41) is 3.11. The van der Waals surface area contributed by atoms with E-state index in [1.165, 1.54) is 7.11 Å². The molecule has 1 atom stereocenters. The highest BCUT2D eigenvalue weighted by Gasteiger charge is 2.33. The van der Waals surface area contributed by atoms with Crippen molar-refractivity contribution < 1.29 is 22.7 Å². The van der Waals surface area contributed by atoms with Crippen molar-refractivity contribution in [3.63, 3.8) is 0 Å². The predicted octanol–water partition coefficient (Wildman–Crippen LogP) is 1.31. The number of sulfone groups is 1. The summed E-state index contributed by atoms with van der Waals surface area (Å²) in [6, 6.07) is 6.64. The molecule has 1 aliphatic heterocycles. The molecule has 1 aliphatic rings. The van der Waals surface area contributed by atoms with Gasteiger partial charge >= 0.3 is 5.97 Å². The third-order valence-corrected chi connectivity index (χ3v) is 6.01. The number of hydrogen-bond acceptors (Lipinski definition) is 6. The number of nitrogens with zero attached hydrogens (tertiary/aromatic N) is 1. The number of rotatable bonds is 7. The highest BCUT2D eigenvalue weighted by Crippen LogP contribution is 2.18. The molecular formula is C17H24N2O5S. The van der Waals surface area contributed by atoms with Crippen molar-refractivity contribution in [3.05, 3.63) is 29.8 Å². The third-order valence-electron chi connectivity index (χ3n) is 4.26. The maximum atomic E-state index is 12.4. The van der Waals surface area contributed by atoms with Gasteiger partial charge in [0.25, 0.3) is 0 Å². The molecule has 0 radical (unpaired) electrons. The van der Waals surface area contributed by atoms with Crippen LogP contribution in [-0.4, -0.2) is 62.9 Å². The van der Waals surface area contributed by atoms with Crippen molar-refractivity contribution in [3.8, 4) is 0 Å². The highest BCUT2D eigenvalue weighted by molar-refractivity contribution is 7.91. The summed E-state index contributed by atoms with van der Waals surface area (Å²) in [6.07, 6.45) is 0.767. The molecule has 25 heavy (non-hydrogen) atoms. The lowest BCUT2D eigenvalue weighted by atomic mass is 10.2. The second kappa shape index (κ2) is 8.33. The van der Waals surface area contributed by atoms with Crippen molar-refractivity contribution in [2.75, 3.05) is 37.0 Å². The van der Waals surface area contributed by atoms with Crippen LogP contribution in [0.25, 0.3) is 0 Å². The summed E-state index contributed by atoms with van der Waals surface area (Å²) in [6.45, 7) is 2.76. The molecule has 1 fully saturated rings. The predicted molar refractivity (Wildman–Crippen MR) is 95.3 cm³/mol. The van der Waals surface area contributed by atoms with Gasteiger partial charge in [0.15, 0.2) is 9.84 Å². The second-order valence-electron chi connectivity index (χ2n) is 5.99. The number of ether oxygens (including phenoxy) is 1. The molecule has 0 aliphatic carbocycles. The molecule has 1 amide bonds. The quantitative estimate of drug-likeness (QED) is 0.730. The first-order chi connectivity index (χ1) is 11.9. The Hall–Kier alpha value is -2.09. The zero-order valence-electron chi connectivity index (χ0n) is 14.5. The van der Waals surface area contributed by atoms with Crippen LogP contribution in [0.5, 0.6) is 0 Å². The minimum Gasteiger partial charge on any atom is -0.465 e. The minimum absolute atomic E-state index is 0.0567. The fourth-order valence-corrected chi connectivity index (χ4v) is 4.72. The number of carbonyl (C=O) groups excluding carboxylic acids is 2. The molecule has 138 valence electrons. The number of hydrogen-bond donors (Lipinski definition) is 1. The fraction of sp³-hybridized carbons (Fsp3) is 0.529. The van der Waals surface area contributed by atoms with Gasteiger partial charge < -0.3 is 15.0 Å². The van der Waals surface area contributed by atoms with E-state index in [0.717, 1.165) is 5.69 Å². The molecule has 7 nitrogen and oxygen atoms in total. The van der Waals surface area contributed by atoms with E-state index in [4.69, 9.17) is 0 Å². The second-order valence-corrected chi connectivity index (χ2v) is 8.21. The van der Waals surface area contributed by atoms with Gasteiger partial charge in [-0.05, 0) is 31.5 Å². The van der Waals surface area contributed by atoms with Crippen LogP contribution in [0.1, 0.15) is 30.1 Å². The van der Waals surface area contributed by atoms with Gasteiger partial charge in [-0.1, -0.05) is 6.07 Å². The number of amides is 1. The molecule has 0 bridgehead atoms. The van der Waals surface area contributed by atoms with Gasteiger partial charge in [0.2, 0.25) is 5.91 Å². The summed E-state index contributed by atoms with van der Waals surface area (Å²) in [5.41, 5.74) is 1.16. The normalized spacial score (nSPS) is 18.6. The Morgan fingerprint density at radius 2 is 2.12 bits per heavy atom. The molecule has 1 saturated heterocycles. The number of anilines is 1. The van der Waals surface area contributed by atoms with Crippen molar-refractivity contribution in [2.24, 2.45) is 0 Å². The molecule has 0 spiro atoms. The van der Waals surface area contributed by atoms with Gasteiger partial charge in [-0.2, -0.15) is 0 Å². The lowest BCUT2D eigenvalue weighted by Crippen LogP contribution is -2.41. The van der Waals surface area contributed by atoms with E-state index in [9.17, 15) is 18.0 Å². The summed E-state index contributed by atoms with van der Waals surface area (Å²) in [7, 11) is -1.69. The van der Waals surface area contributed by atoms with Gasteiger partial charge in [0.1, 0.15) is 0 Å². The smallest absolute Gasteiger partial charge is 0.337 e. The topological polar surface area (TPSA) is 92.8 Å². The first-order valence-electron chi connectivity index (χ1n) is 8.28. The Morgan fingerprint density at radius 3 is 2.72 bits per heavy atom. The number of nitrogens with one attached hydrogen (secondary N) is 1. The summed E-state index contributed by atoms with van der Waals surface area (Å²) < 4.78 is 27.9. The maximum absolute atomic E-state index is 12.4. The van der Waals surface area contributed by atoms with E-state index in [1.54, 1.807) is 29.2 Å². The average Bonchev–Trinajstić information content (AvgIpc) is 2.94. The maximum Gasteiger partial charge on any atom is 0.337 e. The van der Waals surface area contributed by atoms with Gasteiger partial charge in [-0.15, -0.1) is 0 Å². The largest absolute Gasteiger partial charge is 0.465 e. The lowest BCUT2D eigenvalue weighted by Gasteiger charge is -2.27. The van der Waals surface area contributed by atoms with Gasteiger partial charge in [0.05, 0.1) is 24.2 Å². The molecule has 1 aromatic carbocycles. The van der Waals surface area contributed by atoms with Crippen molar-refractivity contribution >= 4 is 27.4 Å². The van der Waals surface area contributed by atoms with Crippen LogP contribution in [0.3, 0.4) is 0 Å². The summed E-state index contributed by atoms with van der Waals surface area (Å²) >= 11 is 0. The number of methoxy groups -OCH3 is 1. The van der Waals surface area contributed by atoms with E-state index in [2.05, 4.69) is 10.1 Å².